The summed E-state index contributed by atoms with van der Waals surface area (Å²) in [6.07, 6.45) is 0. The van der Waals surface area contributed by atoms with E-state index in [2.05, 4.69) is 0 Å². The molecule has 2 nitrogen and oxygen atoms in total. The zero-order chi connectivity index (χ0) is 2.00. The third-order valence-electron chi connectivity index (χ3n) is 0. The Hall–Kier alpha value is 0.227. The molecule has 0 aliphatic carbocycles. The largest absolute Gasteiger partial charge is 1.00 e. The maximum absolute atomic E-state index is 8.00. The van der Waals surface area contributed by atoms with Crippen LogP contribution in [0.15, 0.2) is 0 Å². The second-order valence-electron chi connectivity index (χ2n) is 0. The average Bonchev–Trinajstić information content (AvgIpc) is 1.00. The van der Waals surface area contributed by atoms with Gasteiger partial charge in [-0.25, -0.2) is 0 Å². The van der Waals surface area contributed by atoms with Crippen LogP contribution in [0.3, 0.4) is 0 Å². The number of rotatable bonds is 0. The number of hydrogen-bond donors (Lipinski definition) is 0. The van der Waals surface area contributed by atoms with Crippen molar-refractivity contribution in [1.29, 1.82) is 0 Å². The van der Waals surface area contributed by atoms with Gasteiger partial charge in [0.25, 0.3) is 0 Å². The molecule has 0 rings (SSSR count). The van der Waals surface area contributed by atoms with Gasteiger partial charge in [0.2, 0.25) is 0 Å². The molecule has 0 heterocycles. The summed E-state index contributed by atoms with van der Waals surface area (Å²) in [5.41, 5.74) is 0. The average molecular weight is 54.0 g/mol. The first-order valence-corrected chi connectivity index (χ1v) is 0.289. The maximum Gasteiger partial charge on any atom is 1.00 e. The quantitative estimate of drug-likeness (QED) is 0.271. The molecule has 0 aliphatic rings. The zero-order valence-corrected chi connectivity index (χ0v) is 2.56. The Kier molecular flexibility index (Phi) is 2260. The van der Waals surface area contributed by atoms with Gasteiger partial charge in [-0.15, -0.1) is 0 Å². The third-order valence-corrected chi connectivity index (χ3v) is 0. The molecule has 0 bridgehead atoms. The minimum Gasteiger partial charge on any atom is -0.870 e. The number of carbonyl (C=O) groups excluding carboxylic acids is 1. The number of hydrogen-bond acceptors (Lipinski definition) is 2. The van der Waals surface area contributed by atoms with Crippen molar-refractivity contribution in [2.75, 3.05) is 0 Å². The third kappa shape index (κ3) is 64.9. The number of carbonyl (C=O) groups is 1. The Morgan fingerprint density at radius 3 is 1.25 bits per heavy atom. The van der Waals surface area contributed by atoms with Crippen LogP contribution in [-0.4, -0.2) is 12.3 Å². The van der Waals surface area contributed by atoms with Gasteiger partial charge in [-0.2, -0.15) is 0 Å². The molecule has 4 heavy (non-hydrogen) atoms. The van der Waals surface area contributed by atoms with Crippen molar-refractivity contribution in [2.24, 2.45) is 0 Å². The summed E-state index contributed by atoms with van der Waals surface area (Å²) >= 11 is 0. The van der Waals surface area contributed by atoms with E-state index in [-0.39, 0.29) is 24.3 Å². The molecule has 0 aromatic rings. The van der Waals surface area contributed by atoms with Gasteiger partial charge in [0, 0.05) is 0 Å². The first-order chi connectivity index (χ1) is 1.00. The van der Waals surface area contributed by atoms with Crippen LogP contribution in [-0.2, 0) is 4.79 Å². The fourth-order valence-corrected chi connectivity index (χ4v) is 0. The normalized spacial score (nSPS) is 1.00. The maximum atomic E-state index is 8.00. The van der Waals surface area contributed by atoms with Crippen LogP contribution in [0, 0.1) is 0 Å². The van der Waals surface area contributed by atoms with E-state index in [9.17, 15) is 0 Å². The predicted molar refractivity (Wildman–Crippen MR) is 9.06 cm³/mol. The van der Waals surface area contributed by atoms with Crippen LogP contribution in [0.25, 0.3) is 0 Å². The van der Waals surface area contributed by atoms with Crippen molar-refractivity contribution in [1.82, 2.24) is 0 Å². The van der Waals surface area contributed by atoms with E-state index in [0.717, 1.165) is 0 Å². The van der Waals surface area contributed by atoms with Crippen molar-refractivity contribution < 1.29 is 29.1 Å². The summed E-state index contributed by atoms with van der Waals surface area (Å²) in [7, 11) is 0. The van der Waals surface area contributed by atoms with E-state index in [4.69, 9.17) is 4.79 Å². The Morgan fingerprint density at radius 1 is 1.25 bits per heavy atom. The van der Waals surface area contributed by atoms with E-state index in [1.165, 1.54) is 0 Å². The topological polar surface area (TPSA) is 47.1 Å². The second-order valence-corrected chi connectivity index (χ2v) is 0. The van der Waals surface area contributed by atoms with Crippen LogP contribution in [0.1, 0.15) is 0 Å². The molecule has 0 spiro atoms. The molecule has 0 saturated heterocycles. The van der Waals surface area contributed by atoms with Crippen LogP contribution < -0.4 is 18.9 Å². The monoisotopic (exact) mass is 54.0 g/mol. The van der Waals surface area contributed by atoms with Gasteiger partial charge >= 0.3 is 18.9 Å². The Bertz CT molecular complexity index is 6.00. The second kappa shape index (κ2) is 310. The molecule has 20 valence electrons. The van der Waals surface area contributed by atoms with Crippen LogP contribution >= 0.6 is 0 Å². The summed E-state index contributed by atoms with van der Waals surface area (Å²) in [6.45, 7) is 2.00. The zero-order valence-electron chi connectivity index (χ0n) is 2.56. The van der Waals surface area contributed by atoms with E-state index in [1.54, 1.807) is 0 Å². The van der Waals surface area contributed by atoms with E-state index in [1.807, 2.05) is 6.79 Å². The van der Waals surface area contributed by atoms with Crippen molar-refractivity contribution in [3.8, 4) is 0 Å². The molecule has 0 unspecified atom stereocenters. The molecule has 0 aromatic carbocycles. The molecule has 0 saturated carbocycles. The predicted octanol–water partition coefficient (Wildman–Crippen LogP) is -3.36. The molecular formula is CH3LiO2. The molecule has 0 atom stereocenters. The van der Waals surface area contributed by atoms with Crippen LogP contribution in [0.2, 0.25) is 0 Å². The molecule has 0 fully saturated rings. The molecule has 0 aliphatic heterocycles. The van der Waals surface area contributed by atoms with E-state index >= 15 is 0 Å². The minimum atomic E-state index is 0. The Morgan fingerprint density at radius 2 is 1.25 bits per heavy atom. The fourth-order valence-electron chi connectivity index (χ4n) is 0. The molecular weight excluding hydrogens is 51.0 g/mol. The standard InChI is InChI=1S/CH2O.Li.H2O/c1-2;;/h1H2;;1H2/q;+1;/p-1. The summed E-state index contributed by atoms with van der Waals surface area (Å²) < 4.78 is 0. The van der Waals surface area contributed by atoms with Crippen LogP contribution in [0.4, 0.5) is 0 Å². The van der Waals surface area contributed by atoms with Gasteiger partial charge < -0.3 is 10.3 Å². The minimum absolute atomic E-state index is 0. The van der Waals surface area contributed by atoms with Gasteiger partial charge in [-0.3, -0.25) is 0 Å². The Balaban J connectivity index is -0.00000000500. The van der Waals surface area contributed by atoms with Crippen molar-refractivity contribution in [3.05, 3.63) is 0 Å². The molecule has 0 radical (unpaired) electrons. The summed E-state index contributed by atoms with van der Waals surface area (Å²) in [4.78, 5) is 8.00. The van der Waals surface area contributed by atoms with E-state index < -0.39 is 0 Å². The SMILES string of the molecule is C=O.[Li+].[OH-]. The fraction of sp³-hybridized carbons (Fsp3) is 0. The van der Waals surface area contributed by atoms with Gasteiger partial charge in [0.15, 0.2) is 0 Å². The molecule has 1 N–H and O–H groups in total. The van der Waals surface area contributed by atoms with Gasteiger partial charge in [0.1, 0.15) is 6.79 Å². The molecule has 0 aromatic heterocycles. The molecule has 0 amide bonds. The smallest absolute Gasteiger partial charge is 0.870 e. The Labute approximate surface area is 36.7 Å². The van der Waals surface area contributed by atoms with E-state index in [0.29, 0.717) is 0 Å². The summed E-state index contributed by atoms with van der Waals surface area (Å²) in [5, 5.41) is 0. The first kappa shape index (κ1) is 29.2. The van der Waals surface area contributed by atoms with Gasteiger partial charge in [0.05, 0.1) is 0 Å². The summed E-state index contributed by atoms with van der Waals surface area (Å²) in [6, 6.07) is 0. The van der Waals surface area contributed by atoms with Gasteiger partial charge in [-0.1, -0.05) is 0 Å². The molecule has 3 heteroatoms. The van der Waals surface area contributed by atoms with Crippen LogP contribution in [0.5, 0.6) is 0 Å². The summed E-state index contributed by atoms with van der Waals surface area (Å²) in [5.74, 6) is 0. The van der Waals surface area contributed by atoms with Gasteiger partial charge in [-0.05, 0) is 0 Å². The van der Waals surface area contributed by atoms with Crippen molar-refractivity contribution in [2.45, 2.75) is 0 Å². The van der Waals surface area contributed by atoms with Crippen molar-refractivity contribution in [3.63, 3.8) is 0 Å². The van der Waals surface area contributed by atoms with Crippen molar-refractivity contribution >= 4 is 6.79 Å². The first-order valence-electron chi connectivity index (χ1n) is 0.289.